The highest BCUT2D eigenvalue weighted by molar-refractivity contribution is 5.31. The Balaban J connectivity index is 2.22. The van der Waals surface area contributed by atoms with E-state index in [2.05, 4.69) is 34.9 Å². The number of nitrogens with one attached hydrogen (secondary N) is 2. The summed E-state index contributed by atoms with van der Waals surface area (Å²) in [7, 11) is 0. The maximum absolute atomic E-state index is 3.44. The van der Waals surface area contributed by atoms with Gasteiger partial charge in [0.25, 0.3) is 0 Å². The van der Waals surface area contributed by atoms with Crippen molar-refractivity contribution in [2.75, 3.05) is 13.1 Å². The van der Waals surface area contributed by atoms with Gasteiger partial charge in [-0.15, -0.1) is 0 Å². The molecule has 0 saturated heterocycles. The van der Waals surface area contributed by atoms with Crippen LogP contribution in [0.5, 0.6) is 0 Å². The van der Waals surface area contributed by atoms with E-state index in [0.717, 1.165) is 19.5 Å². The molecule has 2 rings (SSSR count). The third-order valence-corrected chi connectivity index (χ3v) is 2.16. The van der Waals surface area contributed by atoms with Crippen molar-refractivity contribution in [3.63, 3.8) is 0 Å². The summed E-state index contributed by atoms with van der Waals surface area (Å²) < 4.78 is 0. The monoisotopic (exact) mass is 162 g/mol. The van der Waals surface area contributed by atoms with E-state index in [9.17, 15) is 0 Å². The van der Waals surface area contributed by atoms with Crippen molar-refractivity contribution in [3.8, 4) is 0 Å². The van der Waals surface area contributed by atoms with Gasteiger partial charge in [0.05, 0.1) is 5.70 Å². The van der Waals surface area contributed by atoms with Crippen LogP contribution in [0.15, 0.2) is 35.7 Å². The minimum absolute atomic E-state index is 1.02. The first-order valence-corrected chi connectivity index (χ1v) is 4.51. The van der Waals surface area contributed by atoms with Gasteiger partial charge in [0.15, 0.2) is 0 Å². The van der Waals surface area contributed by atoms with Crippen LogP contribution in [0, 0.1) is 0 Å². The van der Waals surface area contributed by atoms with Crippen molar-refractivity contribution in [2.24, 2.45) is 0 Å². The normalized spacial score (nSPS) is 22.0. The minimum atomic E-state index is 1.02. The van der Waals surface area contributed by atoms with Gasteiger partial charge >= 0.3 is 0 Å². The molecule has 1 aliphatic heterocycles. The zero-order chi connectivity index (χ0) is 8.23. The maximum Gasteiger partial charge on any atom is 0.0536 e. The van der Waals surface area contributed by atoms with Gasteiger partial charge in [-0.3, -0.25) is 0 Å². The predicted octanol–water partition coefficient (Wildman–Crippen LogP) is 1.30. The number of hydrogen-bond donors (Lipinski definition) is 2. The van der Waals surface area contributed by atoms with Crippen LogP contribution in [0.1, 0.15) is 12.8 Å². The summed E-state index contributed by atoms with van der Waals surface area (Å²) in [6.07, 6.45) is 10.7. The molecule has 0 amide bonds. The van der Waals surface area contributed by atoms with E-state index in [4.69, 9.17) is 0 Å². The second kappa shape index (κ2) is 3.48. The molecule has 2 aliphatic rings. The molecule has 2 nitrogen and oxygen atoms in total. The van der Waals surface area contributed by atoms with E-state index in [-0.39, 0.29) is 0 Å². The lowest BCUT2D eigenvalue weighted by Gasteiger charge is -2.08. The lowest BCUT2D eigenvalue weighted by atomic mass is 10.2. The molecule has 0 aromatic heterocycles. The molecule has 0 aromatic carbocycles. The number of hydrogen-bond acceptors (Lipinski definition) is 2. The van der Waals surface area contributed by atoms with Crippen LogP contribution in [0.25, 0.3) is 0 Å². The second-order valence-corrected chi connectivity index (χ2v) is 3.09. The lowest BCUT2D eigenvalue weighted by Crippen LogP contribution is -2.15. The Kier molecular flexibility index (Phi) is 2.16. The Hall–Kier alpha value is -1.18. The summed E-state index contributed by atoms with van der Waals surface area (Å²) >= 11 is 0. The van der Waals surface area contributed by atoms with Gasteiger partial charge in [0, 0.05) is 25.2 Å². The van der Waals surface area contributed by atoms with Crippen LogP contribution in [0.2, 0.25) is 0 Å². The standard InChI is InChI=1S/C10H14N2/c1-2-5-9-10(6-3-1)12-8-4-7-11-9/h1-3,5,11-12H,4,6-8H2. The molecule has 0 spiro atoms. The molecule has 12 heavy (non-hydrogen) atoms. The number of rotatable bonds is 0. The summed E-state index contributed by atoms with van der Waals surface area (Å²) in [6.45, 7) is 2.17. The molecule has 0 saturated carbocycles. The zero-order valence-electron chi connectivity index (χ0n) is 7.14. The van der Waals surface area contributed by atoms with E-state index in [1.807, 2.05) is 0 Å². The van der Waals surface area contributed by atoms with Crippen molar-refractivity contribution in [3.05, 3.63) is 35.7 Å². The average Bonchev–Trinajstić information content (AvgIpc) is 2.38. The predicted molar refractivity (Wildman–Crippen MR) is 50.5 cm³/mol. The van der Waals surface area contributed by atoms with Crippen molar-refractivity contribution >= 4 is 0 Å². The van der Waals surface area contributed by atoms with Gasteiger partial charge in [-0.2, -0.15) is 0 Å². The van der Waals surface area contributed by atoms with Crippen LogP contribution < -0.4 is 10.6 Å². The van der Waals surface area contributed by atoms with Gasteiger partial charge in [0.2, 0.25) is 0 Å². The highest BCUT2D eigenvalue weighted by atomic mass is 15.0. The summed E-state index contributed by atoms with van der Waals surface area (Å²) in [5, 5.41) is 6.85. The fraction of sp³-hybridized carbons (Fsp3) is 0.400. The van der Waals surface area contributed by atoms with Gasteiger partial charge in [-0.1, -0.05) is 18.2 Å². The SMILES string of the molecule is C1=CCC2=C(C=C1)NCCCN2. The highest BCUT2D eigenvalue weighted by Crippen LogP contribution is 2.11. The van der Waals surface area contributed by atoms with Crippen LogP contribution in [-0.2, 0) is 0 Å². The minimum Gasteiger partial charge on any atom is -0.386 e. The van der Waals surface area contributed by atoms with E-state index in [1.54, 1.807) is 0 Å². The molecule has 64 valence electrons. The third-order valence-electron chi connectivity index (χ3n) is 2.16. The van der Waals surface area contributed by atoms with Crippen molar-refractivity contribution < 1.29 is 0 Å². The zero-order valence-corrected chi connectivity index (χ0v) is 7.14. The molecular formula is C10H14N2. The van der Waals surface area contributed by atoms with Gasteiger partial charge in [-0.05, 0) is 12.5 Å². The van der Waals surface area contributed by atoms with Crippen LogP contribution in [-0.4, -0.2) is 13.1 Å². The smallest absolute Gasteiger partial charge is 0.0536 e. The fourth-order valence-electron chi connectivity index (χ4n) is 1.51. The second-order valence-electron chi connectivity index (χ2n) is 3.09. The Morgan fingerprint density at radius 3 is 3.00 bits per heavy atom. The van der Waals surface area contributed by atoms with E-state index < -0.39 is 0 Å². The number of allylic oxidation sites excluding steroid dienone is 4. The topological polar surface area (TPSA) is 24.1 Å². The summed E-state index contributed by atoms with van der Waals surface area (Å²) in [6, 6.07) is 0. The Bertz CT molecular complexity index is 249. The molecule has 1 aliphatic carbocycles. The largest absolute Gasteiger partial charge is 0.386 e. The Morgan fingerprint density at radius 2 is 2.00 bits per heavy atom. The molecule has 1 heterocycles. The Morgan fingerprint density at radius 1 is 1.08 bits per heavy atom. The fourth-order valence-corrected chi connectivity index (χ4v) is 1.51. The van der Waals surface area contributed by atoms with Crippen LogP contribution in [0.3, 0.4) is 0 Å². The summed E-state index contributed by atoms with van der Waals surface area (Å²) in [4.78, 5) is 0. The van der Waals surface area contributed by atoms with Crippen LogP contribution in [0.4, 0.5) is 0 Å². The molecule has 0 bridgehead atoms. The molecule has 0 aromatic rings. The quantitative estimate of drug-likeness (QED) is 0.561. The lowest BCUT2D eigenvalue weighted by molar-refractivity contribution is 0.724. The van der Waals surface area contributed by atoms with Crippen molar-refractivity contribution in [2.45, 2.75) is 12.8 Å². The highest BCUT2D eigenvalue weighted by Gasteiger charge is 2.07. The summed E-state index contributed by atoms with van der Waals surface area (Å²) in [5.74, 6) is 0. The van der Waals surface area contributed by atoms with E-state index >= 15 is 0 Å². The molecule has 2 N–H and O–H groups in total. The van der Waals surface area contributed by atoms with Crippen molar-refractivity contribution in [1.82, 2.24) is 10.6 Å². The maximum atomic E-state index is 3.44. The third kappa shape index (κ3) is 1.52. The molecule has 0 unspecified atom stereocenters. The first-order valence-electron chi connectivity index (χ1n) is 4.51. The van der Waals surface area contributed by atoms with E-state index in [0.29, 0.717) is 0 Å². The first kappa shape index (κ1) is 7.47. The molecule has 0 atom stereocenters. The summed E-state index contributed by atoms with van der Waals surface area (Å²) in [5.41, 5.74) is 2.59. The van der Waals surface area contributed by atoms with Gasteiger partial charge in [0.1, 0.15) is 0 Å². The van der Waals surface area contributed by atoms with Crippen LogP contribution >= 0.6 is 0 Å². The average molecular weight is 162 g/mol. The molecular weight excluding hydrogens is 148 g/mol. The van der Waals surface area contributed by atoms with Gasteiger partial charge < -0.3 is 10.6 Å². The van der Waals surface area contributed by atoms with Crippen molar-refractivity contribution in [1.29, 1.82) is 0 Å². The van der Waals surface area contributed by atoms with Gasteiger partial charge in [-0.25, -0.2) is 0 Å². The Labute approximate surface area is 73.0 Å². The first-order chi connectivity index (χ1) is 5.97. The molecule has 0 fully saturated rings. The molecule has 2 heteroatoms. The molecule has 0 radical (unpaired) electrons. The van der Waals surface area contributed by atoms with E-state index in [1.165, 1.54) is 17.8 Å².